The topological polar surface area (TPSA) is 46.3 Å². The number of amides is 1. The molecule has 1 unspecified atom stereocenters. The van der Waals surface area contributed by atoms with Crippen LogP contribution in [0, 0.1) is 0 Å². The summed E-state index contributed by atoms with van der Waals surface area (Å²) >= 11 is 6.95. The summed E-state index contributed by atoms with van der Waals surface area (Å²) in [6.45, 7) is 1.52. The van der Waals surface area contributed by atoms with Gasteiger partial charge < -0.3 is 10.6 Å². The second-order valence-electron chi connectivity index (χ2n) is 5.84. The number of likely N-dealkylation sites (tertiary alicyclic amines) is 1. The minimum atomic E-state index is -0.121. The predicted molar refractivity (Wildman–Crippen MR) is 91.7 cm³/mol. The van der Waals surface area contributed by atoms with Gasteiger partial charge in [0.25, 0.3) is 0 Å². The second kappa shape index (κ2) is 5.61. The van der Waals surface area contributed by atoms with E-state index < -0.39 is 0 Å². The number of thioether (sulfide) groups is 1. The first kappa shape index (κ1) is 14.9. The van der Waals surface area contributed by atoms with Crippen LogP contribution in [-0.4, -0.2) is 39.9 Å². The third-order valence-corrected chi connectivity index (χ3v) is 6.80. The largest absolute Gasteiger partial charge is 0.392 e. The molecule has 5 heteroatoms. The van der Waals surface area contributed by atoms with Crippen LogP contribution in [0.4, 0.5) is 0 Å². The van der Waals surface area contributed by atoms with E-state index in [2.05, 4.69) is 18.4 Å². The summed E-state index contributed by atoms with van der Waals surface area (Å²) in [4.78, 5) is 15.2. The molecule has 0 aromatic heterocycles. The number of thiocarbonyl (C=S) groups is 1. The maximum atomic E-state index is 12.7. The van der Waals surface area contributed by atoms with E-state index in [1.165, 1.54) is 11.1 Å². The van der Waals surface area contributed by atoms with Crippen LogP contribution < -0.4 is 5.73 Å². The Bertz CT molecular complexity index is 579. The molecule has 1 aliphatic heterocycles. The summed E-state index contributed by atoms with van der Waals surface area (Å²) in [5, 5.41) is 0. The lowest BCUT2D eigenvalue weighted by molar-refractivity contribution is -0.134. The van der Waals surface area contributed by atoms with Gasteiger partial charge in [0.05, 0.1) is 15.7 Å². The highest BCUT2D eigenvalue weighted by Gasteiger charge is 2.41. The van der Waals surface area contributed by atoms with Crippen molar-refractivity contribution in [3.05, 3.63) is 35.4 Å². The van der Waals surface area contributed by atoms with E-state index in [-0.39, 0.29) is 16.6 Å². The van der Waals surface area contributed by atoms with Gasteiger partial charge in [0.1, 0.15) is 0 Å². The highest BCUT2D eigenvalue weighted by molar-refractivity contribution is 8.02. The molecule has 1 heterocycles. The first-order chi connectivity index (χ1) is 10.1. The van der Waals surface area contributed by atoms with Crippen LogP contribution in [0.5, 0.6) is 0 Å². The van der Waals surface area contributed by atoms with Crippen molar-refractivity contribution < 1.29 is 4.79 Å². The Labute approximate surface area is 135 Å². The maximum Gasteiger partial charge on any atom is 0.230 e. The zero-order valence-electron chi connectivity index (χ0n) is 12.2. The Balaban J connectivity index is 1.66. The number of piperidine rings is 1. The molecule has 1 saturated heterocycles. The molecule has 0 spiro atoms. The van der Waals surface area contributed by atoms with Gasteiger partial charge in [0.15, 0.2) is 0 Å². The number of benzene rings is 1. The van der Waals surface area contributed by atoms with Crippen molar-refractivity contribution in [3.63, 3.8) is 0 Å². The van der Waals surface area contributed by atoms with Crippen LogP contribution in [0.15, 0.2) is 24.3 Å². The number of carbonyl (C=O) groups is 1. The van der Waals surface area contributed by atoms with E-state index in [0.29, 0.717) is 4.99 Å². The van der Waals surface area contributed by atoms with Gasteiger partial charge >= 0.3 is 0 Å². The zero-order valence-corrected chi connectivity index (χ0v) is 13.8. The average molecular weight is 320 g/mol. The fourth-order valence-electron chi connectivity index (χ4n) is 3.34. The summed E-state index contributed by atoms with van der Waals surface area (Å²) in [7, 11) is 0. The minimum absolute atomic E-state index is 0.0628. The summed E-state index contributed by atoms with van der Waals surface area (Å²) in [5.41, 5.74) is 8.42. The fraction of sp³-hybridized carbons (Fsp3) is 0.500. The van der Waals surface area contributed by atoms with Crippen molar-refractivity contribution in [2.24, 2.45) is 5.73 Å². The van der Waals surface area contributed by atoms with Crippen LogP contribution in [0.3, 0.4) is 0 Å². The molecule has 0 bridgehead atoms. The predicted octanol–water partition coefficient (Wildman–Crippen LogP) is 2.34. The molecule has 2 aliphatic rings. The van der Waals surface area contributed by atoms with Gasteiger partial charge in [-0.05, 0) is 36.6 Å². The molecule has 112 valence electrons. The Morgan fingerprint density at radius 2 is 2.05 bits per heavy atom. The molecule has 3 rings (SSSR count). The van der Waals surface area contributed by atoms with Gasteiger partial charge in [-0.3, -0.25) is 4.79 Å². The van der Waals surface area contributed by atoms with Crippen LogP contribution in [0.1, 0.15) is 29.9 Å². The van der Waals surface area contributed by atoms with E-state index in [4.69, 9.17) is 18.0 Å². The molecule has 2 N–H and O–H groups in total. The molecule has 1 aromatic rings. The Morgan fingerprint density at radius 3 is 2.62 bits per heavy atom. The van der Waals surface area contributed by atoms with Gasteiger partial charge in [-0.2, -0.15) is 11.8 Å². The lowest BCUT2D eigenvalue weighted by atomic mass is 9.76. The number of fused-ring (bicyclic) bond motifs is 1. The monoisotopic (exact) mass is 320 g/mol. The zero-order chi connectivity index (χ0) is 15.0. The van der Waals surface area contributed by atoms with Crippen LogP contribution >= 0.6 is 24.0 Å². The molecular formula is C16H20N2OS2. The number of rotatable bonds is 3. The van der Waals surface area contributed by atoms with Crippen molar-refractivity contribution in [1.82, 2.24) is 4.90 Å². The summed E-state index contributed by atoms with van der Waals surface area (Å²) in [5.74, 6) is 0.333. The van der Waals surface area contributed by atoms with Crippen molar-refractivity contribution in [1.29, 1.82) is 0 Å². The van der Waals surface area contributed by atoms with Gasteiger partial charge in [0, 0.05) is 13.1 Å². The van der Waals surface area contributed by atoms with Crippen LogP contribution in [0.2, 0.25) is 0 Å². The van der Waals surface area contributed by atoms with E-state index in [1.54, 1.807) is 11.8 Å². The Morgan fingerprint density at radius 1 is 1.38 bits per heavy atom. The van der Waals surface area contributed by atoms with Crippen LogP contribution in [0.25, 0.3) is 0 Å². The number of hydrogen-bond acceptors (Lipinski definition) is 3. The van der Waals surface area contributed by atoms with E-state index in [0.717, 1.165) is 32.4 Å². The van der Waals surface area contributed by atoms with Crippen molar-refractivity contribution >= 4 is 34.9 Å². The maximum absolute atomic E-state index is 12.7. The normalized spacial score (nSPS) is 23.1. The summed E-state index contributed by atoms with van der Waals surface area (Å²) < 4.78 is -0.121. The molecule has 0 saturated carbocycles. The SMILES string of the molecule is CSC1(C(N)=S)CCN(C(=O)C2Cc3ccccc32)CC1. The van der Waals surface area contributed by atoms with Gasteiger partial charge in [0.2, 0.25) is 5.91 Å². The molecule has 1 atom stereocenters. The molecular weight excluding hydrogens is 300 g/mol. The van der Waals surface area contributed by atoms with Gasteiger partial charge in [-0.1, -0.05) is 36.5 Å². The second-order valence-corrected chi connectivity index (χ2v) is 7.47. The standard InChI is InChI=1S/C16H20N2OS2/c1-21-16(15(17)20)6-8-18(9-7-16)14(19)13-10-11-4-2-3-5-12(11)13/h2-5,13H,6-10H2,1H3,(H2,17,20). The Hall–Kier alpha value is -1.07. The molecule has 0 radical (unpaired) electrons. The fourth-order valence-corrected chi connectivity index (χ4v) is 4.59. The summed E-state index contributed by atoms with van der Waals surface area (Å²) in [6, 6.07) is 8.24. The third kappa shape index (κ3) is 2.46. The molecule has 1 amide bonds. The highest BCUT2D eigenvalue weighted by Crippen LogP contribution is 2.39. The van der Waals surface area contributed by atoms with Crippen molar-refractivity contribution in [2.45, 2.75) is 29.9 Å². The van der Waals surface area contributed by atoms with Crippen molar-refractivity contribution in [2.75, 3.05) is 19.3 Å². The van der Waals surface area contributed by atoms with Crippen molar-refractivity contribution in [3.8, 4) is 0 Å². The highest BCUT2D eigenvalue weighted by atomic mass is 32.2. The van der Waals surface area contributed by atoms with E-state index in [9.17, 15) is 4.79 Å². The number of carbonyl (C=O) groups excluding carboxylic acids is 1. The first-order valence-corrected chi connectivity index (χ1v) is 8.92. The number of nitrogens with zero attached hydrogens (tertiary/aromatic N) is 1. The number of nitrogens with two attached hydrogens (primary N) is 1. The molecule has 1 fully saturated rings. The average Bonchev–Trinajstić information content (AvgIpc) is 2.48. The smallest absolute Gasteiger partial charge is 0.230 e. The quantitative estimate of drug-likeness (QED) is 0.869. The van der Waals surface area contributed by atoms with E-state index >= 15 is 0 Å². The van der Waals surface area contributed by atoms with E-state index in [1.807, 2.05) is 17.0 Å². The molecule has 1 aromatic carbocycles. The molecule has 1 aliphatic carbocycles. The Kier molecular flexibility index (Phi) is 3.97. The first-order valence-electron chi connectivity index (χ1n) is 7.29. The number of hydrogen-bond donors (Lipinski definition) is 1. The lowest BCUT2D eigenvalue weighted by Gasteiger charge is -2.42. The summed E-state index contributed by atoms with van der Waals surface area (Å²) in [6.07, 6.45) is 4.67. The van der Waals surface area contributed by atoms with Crippen LogP contribution in [-0.2, 0) is 11.2 Å². The van der Waals surface area contributed by atoms with Gasteiger partial charge in [-0.25, -0.2) is 0 Å². The minimum Gasteiger partial charge on any atom is -0.392 e. The molecule has 21 heavy (non-hydrogen) atoms. The third-order valence-electron chi connectivity index (χ3n) is 4.88. The van der Waals surface area contributed by atoms with Gasteiger partial charge in [-0.15, -0.1) is 0 Å². The lowest BCUT2D eigenvalue weighted by Crippen LogP contribution is -2.52. The molecule has 3 nitrogen and oxygen atoms in total.